The maximum atomic E-state index is 12.9. The third-order valence-corrected chi connectivity index (χ3v) is 5.12. The maximum absolute atomic E-state index is 12.9. The lowest BCUT2D eigenvalue weighted by molar-refractivity contribution is -0.0266. The number of aromatic nitrogens is 3. The first-order valence-corrected chi connectivity index (χ1v) is 9.18. The summed E-state index contributed by atoms with van der Waals surface area (Å²) in [6.07, 6.45) is 5.23. The number of benzene rings is 1. The van der Waals surface area contributed by atoms with Gasteiger partial charge in [0.05, 0.1) is 13.2 Å². The third kappa shape index (κ3) is 3.31. The fourth-order valence-electron chi connectivity index (χ4n) is 3.65. The highest BCUT2D eigenvalue weighted by Crippen LogP contribution is 2.25. The van der Waals surface area contributed by atoms with Crippen LogP contribution in [-0.4, -0.2) is 45.7 Å². The summed E-state index contributed by atoms with van der Waals surface area (Å²) in [5, 5.41) is 7.15. The molecule has 25 heavy (non-hydrogen) atoms. The summed E-state index contributed by atoms with van der Waals surface area (Å²) in [6.45, 7) is 3.64. The Kier molecular flexibility index (Phi) is 4.53. The van der Waals surface area contributed by atoms with Crippen LogP contribution in [0.4, 0.5) is 0 Å². The summed E-state index contributed by atoms with van der Waals surface area (Å²) in [5.74, 6) is 1.56. The van der Waals surface area contributed by atoms with Crippen LogP contribution in [-0.2, 0) is 24.0 Å². The number of carbonyl (C=O) groups excluding carboxylic acids is 1. The van der Waals surface area contributed by atoms with Crippen molar-refractivity contribution in [1.82, 2.24) is 20.1 Å². The molecule has 132 valence electrons. The number of fused-ring (bicyclic) bond motifs is 1. The summed E-state index contributed by atoms with van der Waals surface area (Å²) in [6, 6.07) is 6.19. The molecule has 6 nitrogen and oxygen atoms in total. The molecule has 1 atom stereocenters. The normalized spacial score (nSPS) is 20.4. The molecule has 0 radical (unpaired) electrons. The number of rotatable bonds is 3. The number of nitrogens with zero attached hydrogens (tertiary/aromatic N) is 3. The molecule has 1 amide bonds. The molecule has 0 unspecified atom stereocenters. The van der Waals surface area contributed by atoms with Crippen molar-refractivity contribution in [2.45, 2.75) is 45.1 Å². The number of aryl methyl sites for hydroxylation is 3. The Balaban J connectivity index is 1.49. The molecule has 1 aliphatic heterocycles. The molecular weight excluding hydrogens is 316 g/mol. The van der Waals surface area contributed by atoms with Crippen LogP contribution >= 0.6 is 0 Å². The fraction of sp³-hybridized carbons (Fsp3) is 0.526. The predicted octanol–water partition coefficient (Wildman–Crippen LogP) is 2.46. The van der Waals surface area contributed by atoms with Gasteiger partial charge >= 0.3 is 0 Å². The van der Waals surface area contributed by atoms with Crippen LogP contribution in [0, 0.1) is 0 Å². The van der Waals surface area contributed by atoms with Crippen LogP contribution in [0.2, 0.25) is 0 Å². The molecular formula is C19H24N4O2. The average Bonchev–Trinajstić information content (AvgIpc) is 3.16. The summed E-state index contributed by atoms with van der Waals surface area (Å²) in [7, 11) is 0. The van der Waals surface area contributed by atoms with Gasteiger partial charge in [0.2, 0.25) is 0 Å². The van der Waals surface area contributed by atoms with Gasteiger partial charge in [0.1, 0.15) is 11.9 Å². The van der Waals surface area contributed by atoms with Crippen LogP contribution in [0.5, 0.6) is 0 Å². The number of carbonyl (C=O) groups is 1. The van der Waals surface area contributed by atoms with Gasteiger partial charge in [0.15, 0.2) is 5.82 Å². The number of aromatic amines is 1. The molecule has 6 heteroatoms. The lowest BCUT2D eigenvalue weighted by Crippen LogP contribution is -2.42. The minimum atomic E-state index is -0.258. The van der Waals surface area contributed by atoms with E-state index in [1.54, 1.807) is 0 Å². The van der Waals surface area contributed by atoms with E-state index in [1.165, 1.54) is 24.0 Å². The minimum Gasteiger partial charge on any atom is -0.366 e. The molecule has 0 saturated carbocycles. The molecule has 2 aromatic rings. The van der Waals surface area contributed by atoms with Gasteiger partial charge in [-0.05, 0) is 48.9 Å². The van der Waals surface area contributed by atoms with Crippen LogP contribution in [0.25, 0.3) is 0 Å². The fourth-order valence-corrected chi connectivity index (χ4v) is 3.65. The third-order valence-electron chi connectivity index (χ3n) is 5.12. The monoisotopic (exact) mass is 340 g/mol. The zero-order valence-electron chi connectivity index (χ0n) is 14.6. The minimum absolute atomic E-state index is 0.0768. The van der Waals surface area contributed by atoms with Crippen LogP contribution < -0.4 is 0 Å². The van der Waals surface area contributed by atoms with E-state index in [2.05, 4.69) is 27.3 Å². The first-order chi connectivity index (χ1) is 12.2. The molecule has 2 heterocycles. The summed E-state index contributed by atoms with van der Waals surface area (Å²) in [4.78, 5) is 19.3. The molecule has 1 aliphatic carbocycles. The van der Waals surface area contributed by atoms with Gasteiger partial charge in [-0.3, -0.25) is 9.89 Å². The first-order valence-electron chi connectivity index (χ1n) is 9.18. The first kappa shape index (κ1) is 16.3. The van der Waals surface area contributed by atoms with E-state index >= 15 is 0 Å². The van der Waals surface area contributed by atoms with E-state index in [0.717, 1.165) is 30.7 Å². The topological polar surface area (TPSA) is 71.1 Å². The number of amides is 1. The molecule has 1 saturated heterocycles. The van der Waals surface area contributed by atoms with E-state index in [9.17, 15) is 4.79 Å². The van der Waals surface area contributed by atoms with Gasteiger partial charge in [-0.15, -0.1) is 0 Å². The number of morpholine rings is 1. The molecule has 2 aliphatic rings. The number of hydrogen-bond acceptors (Lipinski definition) is 4. The second-order valence-electron chi connectivity index (χ2n) is 6.80. The van der Waals surface area contributed by atoms with Crippen LogP contribution in [0.15, 0.2) is 18.2 Å². The number of nitrogens with one attached hydrogen (secondary N) is 1. The second kappa shape index (κ2) is 6.96. The van der Waals surface area contributed by atoms with Gasteiger partial charge < -0.3 is 9.64 Å². The summed E-state index contributed by atoms with van der Waals surface area (Å²) < 4.78 is 5.79. The zero-order chi connectivity index (χ0) is 17.2. The van der Waals surface area contributed by atoms with E-state index in [4.69, 9.17) is 4.74 Å². The van der Waals surface area contributed by atoms with Crippen molar-refractivity contribution in [3.05, 3.63) is 46.5 Å². The smallest absolute Gasteiger partial charge is 0.254 e. The standard InChI is InChI=1S/C19H24N4O2/c1-2-17-20-18(22-21-17)16-12-23(9-10-25-16)19(24)15-8-7-13-5-3-4-6-14(13)11-15/h7-8,11,16H,2-6,9-10,12H2,1H3,(H,20,21,22)/t16-/m0/s1. The van der Waals surface area contributed by atoms with Crippen molar-refractivity contribution in [2.24, 2.45) is 0 Å². The quantitative estimate of drug-likeness (QED) is 0.932. The van der Waals surface area contributed by atoms with Crippen molar-refractivity contribution in [3.8, 4) is 0 Å². The molecule has 1 fully saturated rings. The van der Waals surface area contributed by atoms with Crippen molar-refractivity contribution in [2.75, 3.05) is 19.7 Å². The Bertz CT molecular complexity index is 771. The van der Waals surface area contributed by atoms with Gasteiger partial charge in [-0.2, -0.15) is 5.10 Å². The molecule has 0 bridgehead atoms. The van der Waals surface area contributed by atoms with Crippen molar-refractivity contribution >= 4 is 5.91 Å². The highest BCUT2D eigenvalue weighted by Gasteiger charge is 2.29. The Hall–Kier alpha value is -2.21. The Labute approximate surface area is 147 Å². The SMILES string of the molecule is CCc1nc([C@@H]2CN(C(=O)c3ccc4c(c3)CCCC4)CCO2)n[nH]1. The van der Waals surface area contributed by atoms with Gasteiger partial charge in [0.25, 0.3) is 5.91 Å². The number of hydrogen-bond donors (Lipinski definition) is 1. The Morgan fingerprint density at radius 2 is 2.16 bits per heavy atom. The lowest BCUT2D eigenvalue weighted by atomic mass is 9.90. The number of ether oxygens (including phenoxy) is 1. The molecule has 0 spiro atoms. The van der Waals surface area contributed by atoms with E-state index in [1.807, 2.05) is 17.9 Å². The van der Waals surface area contributed by atoms with Gasteiger partial charge in [0, 0.05) is 18.5 Å². The van der Waals surface area contributed by atoms with Crippen molar-refractivity contribution in [1.29, 1.82) is 0 Å². The Morgan fingerprint density at radius 3 is 2.96 bits per heavy atom. The zero-order valence-corrected chi connectivity index (χ0v) is 14.6. The highest BCUT2D eigenvalue weighted by atomic mass is 16.5. The van der Waals surface area contributed by atoms with Crippen molar-refractivity contribution < 1.29 is 9.53 Å². The average molecular weight is 340 g/mol. The van der Waals surface area contributed by atoms with E-state index < -0.39 is 0 Å². The summed E-state index contributed by atoms with van der Waals surface area (Å²) in [5.41, 5.74) is 3.52. The molecule has 1 aromatic heterocycles. The largest absolute Gasteiger partial charge is 0.366 e. The molecule has 1 aromatic carbocycles. The maximum Gasteiger partial charge on any atom is 0.254 e. The number of H-pyrrole nitrogens is 1. The second-order valence-corrected chi connectivity index (χ2v) is 6.80. The predicted molar refractivity (Wildman–Crippen MR) is 93.4 cm³/mol. The Morgan fingerprint density at radius 1 is 1.32 bits per heavy atom. The summed E-state index contributed by atoms with van der Waals surface area (Å²) >= 11 is 0. The van der Waals surface area contributed by atoms with E-state index in [0.29, 0.717) is 25.5 Å². The van der Waals surface area contributed by atoms with Gasteiger partial charge in [-0.1, -0.05) is 13.0 Å². The molecule has 1 N–H and O–H groups in total. The van der Waals surface area contributed by atoms with Crippen LogP contribution in [0.1, 0.15) is 59.0 Å². The molecule has 4 rings (SSSR count). The van der Waals surface area contributed by atoms with E-state index in [-0.39, 0.29) is 12.0 Å². The highest BCUT2D eigenvalue weighted by molar-refractivity contribution is 5.94. The van der Waals surface area contributed by atoms with Gasteiger partial charge in [-0.25, -0.2) is 4.98 Å². The lowest BCUT2D eigenvalue weighted by Gasteiger charge is -2.32. The van der Waals surface area contributed by atoms with Crippen LogP contribution in [0.3, 0.4) is 0 Å². The van der Waals surface area contributed by atoms with Crippen molar-refractivity contribution in [3.63, 3.8) is 0 Å².